The summed E-state index contributed by atoms with van der Waals surface area (Å²) in [4.78, 5) is 39.3. The molecule has 1 aliphatic heterocycles. The number of benzene rings is 2. The van der Waals surface area contributed by atoms with Gasteiger partial charge in [-0.1, -0.05) is 12.1 Å². The highest BCUT2D eigenvalue weighted by Crippen LogP contribution is 2.36. The molecule has 0 atom stereocenters. The van der Waals surface area contributed by atoms with Gasteiger partial charge in [0.15, 0.2) is 6.61 Å². The molecule has 0 saturated carbocycles. The molecule has 0 bridgehead atoms. The lowest BCUT2D eigenvalue weighted by Gasteiger charge is -2.18. The van der Waals surface area contributed by atoms with Crippen molar-refractivity contribution in [2.24, 2.45) is 0 Å². The summed E-state index contributed by atoms with van der Waals surface area (Å²) in [5, 5.41) is 2.76. The first kappa shape index (κ1) is 25.6. The number of hydrogen-bond donors (Lipinski definition) is 1. The van der Waals surface area contributed by atoms with Crippen LogP contribution in [0.3, 0.4) is 0 Å². The molecule has 3 rings (SSSR count). The molecule has 2 aromatic carbocycles. The highest BCUT2D eigenvalue weighted by atomic mass is 16.5. The average Bonchev–Trinajstić information content (AvgIpc) is 3.07. The molecule has 1 N–H and O–H groups in total. The zero-order valence-electron chi connectivity index (χ0n) is 20.6. The van der Waals surface area contributed by atoms with Crippen LogP contribution in [0.4, 0.5) is 5.69 Å². The Bertz CT molecular complexity index is 1150. The molecule has 8 nitrogen and oxygen atoms in total. The Labute approximate surface area is 205 Å². The minimum atomic E-state index is -0.591. The second kappa shape index (κ2) is 11.4. The van der Waals surface area contributed by atoms with Crippen LogP contribution < -0.4 is 19.7 Å². The van der Waals surface area contributed by atoms with E-state index in [4.69, 9.17) is 14.2 Å². The molecule has 0 aliphatic carbocycles. The van der Waals surface area contributed by atoms with Gasteiger partial charge in [-0.05, 0) is 75.7 Å². The van der Waals surface area contributed by atoms with Gasteiger partial charge < -0.3 is 19.5 Å². The number of nitrogens with zero attached hydrogens (tertiary/aromatic N) is 1. The molecule has 0 unspecified atom stereocenters. The van der Waals surface area contributed by atoms with Crippen LogP contribution in [0.5, 0.6) is 11.5 Å². The van der Waals surface area contributed by atoms with Gasteiger partial charge in [0.2, 0.25) is 0 Å². The van der Waals surface area contributed by atoms with Gasteiger partial charge in [0.25, 0.3) is 11.8 Å². The van der Waals surface area contributed by atoms with Crippen molar-refractivity contribution in [2.45, 2.75) is 33.7 Å². The Morgan fingerprint density at radius 1 is 1.00 bits per heavy atom. The minimum Gasteiger partial charge on any atom is -0.494 e. The van der Waals surface area contributed by atoms with Gasteiger partial charge in [0.05, 0.1) is 24.9 Å². The highest BCUT2D eigenvalue weighted by molar-refractivity contribution is 6.23. The molecule has 35 heavy (non-hydrogen) atoms. The van der Waals surface area contributed by atoms with Crippen LogP contribution in [-0.2, 0) is 19.1 Å². The molecule has 184 valence electrons. The Morgan fingerprint density at radius 2 is 1.60 bits per heavy atom. The lowest BCUT2D eigenvalue weighted by atomic mass is 10.0. The smallest absolute Gasteiger partial charge is 0.340 e. The van der Waals surface area contributed by atoms with E-state index in [9.17, 15) is 14.4 Å². The lowest BCUT2D eigenvalue weighted by molar-refractivity contribution is -0.136. The number of esters is 1. The molecule has 0 fully saturated rings. The number of rotatable bonds is 9. The Balaban J connectivity index is 1.85. The van der Waals surface area contributed by atoms with Crippen molar-refractivity contribution < 1.29 is 28.6 Å². The van der Waals surface area contributed by atoms with Crippen LogP contribution in [0.15, 0.2) is 65.4 Å². The molecule has 0 saturated heterocycles. The van der Waals surface area contributed by atoms with Crippen molar-refractivity contribution in [1.29, 1.82) is 0 Å². The summed E-state index contributed by atoms with van der Waals surface area (Å²) >= 11 is 0. The molecule has 8 heteroatoms. The molecular formula is C27H30N2O6. The summed E-state index contributed by atoms with van der Waals surface area (Å²) in [6.07, 6.45) is 1.64. The van der Waals surface area contributed by atoms with Crippen molar-refractivity contribution in [3.63, 3.8) is 0 Å². The molecule has 0 aromatic heterocycles. The Morgan fingerprint density at radius 3 is 2.17 bits per heavy atom. The number of hydrogen-bond acceptors (Lipinski definition) is 6. The standard InChI is InChI=1S/C27H30N2O6/c1-6-34-21-13-9-20(10-14-21)29-18(4)25(27(32)33-5)23(26(29)31)15-19-7-11-22(12-8-19)35-16-24(30)28-17(2)3/h7-15,17H,6,16H2,1-5H3,(H,28,30)/b23-15+. The number of carbonyl (C=O) groups is 3. The second-order valence-electron chi connectivity index (χ2n) is 8.16. The third-order valence-electron chi connectivity index (χ3n) is 5.21. The summed E-state index contributed by atoms with van der Waals surface area (Å²) in [5.41, 5.74) is 2.22. The van der Waals surface area contributed by atoms with Crippen molar-refractivity contribution in [3.8, 4) is 11.5 Å². The molecular weight excluding hydrogens is 448 g/mol. The van der Waals surface area contributed by atoms with Crippen LogP contribution in [0.1, 0.15) is 33.3 Å². The van der Waals surface area contributed by atoms with Gasteiger partial charge in [-0.2, -0.15) is 0 Å². The van der Waals surface area contributed by atoms with E-state index in [1.54, 1.807) is 61.5 Å². The Kier molecular flexibility index (Phi) is 8.30. The van der Waals surface area contributed by atoms with Crippen LogP contribution in [-0.4, -0.2) is 44.1 Å². The fourth-order valence-corrected chi connectivity index (χ4v) is 3.69. The number of ether oxygens (including phenoxy) is 3. The first-order valence-electron chi connectivity index (χ1n) is 11.4. The zero-order chi connectivity index (χ0) is 25.5. The molecule has 2 amide bonds. The predicted molar refractivity (Wildman–Crippen MR) is 133 cm³/mol. The van der Waals surface area contributed by atoms with Gasteiger partial charge in [0.1, 0.15) is 11.5 Å². The van der Waals surface area contributed by atoms with E-state index in [2.05, 4.69) is 5.32 Å². The van der Waals surface area contributed by atoms with Crippen LogP contribution in [0, 0.1) is 0 Å². The number of anilines is 1. The molecule has 0 radical (unpaired) electrons. The first-order valence-corrected chi connectivity index (χ1v) is 11.4. The summed E-state index contributed by atoms with van der Waals surface area (Å²) < 4.78 is 15.9. The van der Waals surface area contributed by atoms with E-state index in [0.29, 0.717) is 35.1 Å². The average molecular weight is 479 g/mol. The van der Waals surface area contributed by atoms with E-state index < -0.39 is 5.97 Å². The van der Waals surface area contributed by atoms with Crippen molar-refractivity contribution in [2.75, 3.05) is 25.2 Å². The fourth-order valence-electron chi connectivity index (χ4n) is 3.69. The Hall–Kier alpha value is -4.07. The highest BCUT2D eigenvalue weighted by Gasteiger charge is 2.37. The first-order chi connectivity index (χ1) is 16.7. The van der Waals surface area contributed by atoms with Gasteiger partial charge in [-0.25, -0.2) is 4.79 Å². The maximum atomic E-state index is 13.4. The van der Waals surface area contributed by atoms with Gasteiger partial charge in [-0.15, -0.1) is 0 Å². The topological polar surface area (TPSA) is 94.2 Å². The number of carbonyl (C=O) groups excluding carboxylic acids is 3. The van der Waals surface area contributed by atoms with Crippen LogP contribution in [0.25, 0.3) is 6.08 Å². The summed E-state index contributed by atoms with van der Waals surface area (Å²) in [6.45, 7) is 7.80. The summed E-state index contributed by atoms with van der Waals surface area (Å²) in [7, 11) is 1.28. The van der Waals surface area contributed by atoms with Crippen molar-refractivity contribution in [1.82, 2.24) is 5.32 Å². The second-order valence-corrected chi connectivity index (χ2v) is 8.16. The lowest BCUT2D eigenvalue weighted by Crippen LogP contribution is -2.34. The van der Waals surface area contributed by atoms with E-state index in [1.807, 2.05) is 20.8 Å². The number of amides is 2. The van der Waals surface area contributed by atoms with Crippen LogP contribution >= 0.6 is 0 Å². The number of nitrogens with one attached hydrogen (secondary N) is 1. The molecule has 0 spiro atoms. The SMILES string of the molecule is CCOc1ccc(N2C(=O)/C(=C/c3ccc(OCC(=O)NC(C)C)cc3)C(C(=O)OC)=C2C)cc1. The molecule has 1 heterocycles. The van der Waals surface area contributed by atoms with Gasteiger partial charge in [-0.3, -0.25) is 14.5 Å². The maximum absolute atomic E-state index is 13.4. The van der Waals surface area contributed by atoms with E-state index in [-0.39, 0.29) is 35.6 Å². The normalized spacial score (nSPS) is 14.5. The monoisotopic (exact) mass is 478 g/mol. The largest absolute Gasteiger partial charge is 0.494 e. The quantitative estimate of drug-likeness (QED) is 0.434. The molecule has 1 aliphatic rings. The predicted octanol–water partition coefficient (Wildman–Crippen LogP) is 3.87. The van der Waals surface area contributed by atoms with E-state index in [0.717, 1.165) is 0 Å². The summed E-state index contributed by atoms with van der Waals surface area (Å²) in [5.74, 6) is 0.0714. The van der Waals surface area contributed by atoms with Crippen molar-refractivity contribution >= 4 is 29.5 Å². The summed E-state index contributed by atoms with van der Waals surface area (Å²) in [6, 6.07) is 14.0. The van der Waals surface area contributed by atoms with E-state index in [1.165, 1.54) is 12.0 Å². The van der Waals surface area contributed by atoms with E-state index >= 15 is 0 Å². The zero-order valence-corrected chi connectivity index (χ0v) is 20.6. The van der Waals surface area contributed by atoms with Gasteiger partial charge in [0, 0.05) is 17.4 Å². The molecule has 2 aromatic rings. The number of methoxy groups -OCH3 is 1. The maximum Gasteiger partial charge on any atom is 0.340 e. The van der Waals surface area contributed by atoms with Crippen molar-refractivity contribution in [3.05, 3.63) is 70.9 Å². The number of allylic oxidation sites excluding steroid dienone is 1. The third kappa shape index (κ3) is 6.09. The third-order valence-corrected chi connectivity index (χ3v) is 5.21. The van der Waals surface area contributed by atoms with Crippen LogP contribution in [0.2, 0.25) is 0 Å². The van der Waals surface area contributed by atoms with Gasteiger partial charge >= 0.3 is 5.97 Å². The fraction of sp³-hybridized carbons (Fsp3) is 0.296. The minimum absolute atomic E-state index is 0.0340.